The molecular formula is C18H19N3O3S. The molecule has 7 heteroatoms. The van der Waals surface area contributed by atoms with Gasteiger partial charge in [-0.25, -0.2) is 4.98 Å². The van der Waals surface area contributed by atoms with Gasteiger partial charge in [0.25, 0.3) is 5.91 Å². The molecule has 3 aromatic rings. The normalized spacial score (nSPS) is 10.5. The van der Waals surface area contributed by atoms with Gasteiger partial charge in [-0.1, -0.05) is 29.5 Å². The number of thiazole rings is 1. The highest BCUT2D eigenvalue weighted by molar-refractivity contribution is 7.17. The summed E-state index contributed by atoms with van der Waals surface area (Å²) >= 11 is 1.33. The van der Waals surface area contributed by atoms with Crippen LogP contribution in [0.15, 0.2) is 47.1 Å². The maximum atomic E-state index is 12.5. The smallest absolute Gasteiger partial charge is 0.263 e. The third kappa shape index (κ3) is 4.19. The topological polar surface area (TPSA) is 76.4 Å². The Bertz CT molecular complexity index is 843. The fourth-order valence-corrected chi connectivity index (χ4v) is 3.24. The van der Waals surface area contributed by atoms with Crippen molar-refractivity contribution >= 4 is 22.4 Å². The van der Waals surface area contributed by atoms with E-state index in [4.69, 9.17) is 9.15 Å². The minimum Gasteiger partial charge on any atom is -0.496 e. The van der Waals surface area contributed by atoms with E-state index in [1.165, 1.54) is 11.3 Å². The van der Waals surface area contributed by atoms with Crippen LogP contribution in [0.2, 0.25) is 0 Å². The first kappa shape index (κ1) is 17.0. The molecule has 0 unspecified atom stereocenters. The van der Waals surface area contributed by atoms with Crippen molar-refractivity contribution in [1.29, 1.82) is 0 Å². The lowest BCUT2D eigenvalue weighted by molar-refractivity contribution is 0.0954. The number of rotatable bonds is 7. The molecule has 0 atom stereocenters. The first-order valence-corrected chi connectivity index (χ1v) is 8.63. The van der Waals surface area contributed by atoms with E-state index in [0.717, 1.165) is 17.1 Å². The Labute approximate surface area is 149 Å². The maximum absolute atomic E-state index is 12.5. The van der Waals surface area contributed by atoms with Crippen LogP contribution >= 0.6 is 11.3 Å². The van der Waals surface area contributed by atoms with E-state index in [-0.39, 0.29) is 5.91 Å². The molecule has 6 nitrogen and oxygen atoms in total. The number of ether oxygens (including phenoxy) is 1. The number of aromatic nitrogens is 1. The molecule has 0 spiro atoms. The van der Waals surface area contributed by atoms with Crippen LogP contribution in [-0.2, 0) is 13.1 Å². The number of furan rings is 1. The predicted octanol–water partition coefficient (Wildman–Crippen LogP) is 3.60. The van der Waals surface area contributed by atoms with Crippen LogP contribution in [0.25, 0.3) is 0 Å². The quantitative estimate of drug-likeness (QED) is 0.676. The molecule has 2 aromatic heterocycles. The second-order valence-electron chi connectivity index (χ2n) is 5.36. The van der Waals surface area contributed by atoms with E-state index in [0.29, 0.717) is 28.8 Å². The summed E-state index contributed by atoms with van der Waals surface area (Å²) in [5.74, 6) is 1.42. The molecule has 1 aromatic carbocycles. The van der Waals surface area contributed by atoms with Gasteiger partial charge in [-0.15, -0.1) is 0 Å². The summed E-state index contributed by atoms with van der Waals surface area (Å²) in [6.07, 6.45) is 1.63. The van der Waals surface area contributed by atoms with Crippen molar-refractivity contribution in [3.8, 4) is 5.75 Å². The second-order valence-corrected chi connectivity index (χ2v) is 6.36. The zero-order valence-corrected chi connectivity index (χ0v) is 14.9. The highest BCUT2D eigenvalue weighted by Crippen LogP contribution is 2.23. The number of hydrogen-bond acceptors (Lipinski definition) is 6. The molecule has 3 rings (SSSR count). The molecule has 0 bridgehead atoms. The number of nitrogens with zero attached hydrogens (tertiary/aromatic N) is 1. The Hall–Kier alpha value is -2.80. The van der Waals surface area contributed by atoms with Crippen molar-refractivity contribution in [2.75, 3.05) is 12.4 Å². The monoisotopic (exact) mass is 357 g/mol. The molecule has 0 saturated carbocycles. The lowest BCUT2D eigenvalue weighted by Crippen LogP contribution is -2.22. The Morgan fingerprint density at radius 1 is 1.24 bits per heavy atom. The molecule has 0 fully saturated rings. The molecule has 1 amide bonds. The first-order chi connectivity index (χ1) is 12.2. The van der Waals surface area contributed by atoms with Crippen LogP contribution in [0.1, 0.15) is 26.7 Å². The van der Waals surface area contributed by atoms with Gasteiger partial charge in [-0.2, -0.15) is 0 Å². The van der Waals surface area contributed by atoms with Crippen molar-refractivity contribution < 1.29 is 13.9 Å². The number of aryl methyl sites for hydroxylation is 1. The maximum Gasteiger partial charge on any atom is 0.263 e. The standard InChI is InChI=1S/C18H19N3O3S/c1-12-16(25-18(21-12)20-11-14-7-5-9-24-14)17(22)19-10-13-6-3-4-8-15(13)23-2/h3-9H,10-11H2,1-2H3,(H,19,22)(H,20,21). The number of carbonyl (C=O) groups excluding carboxylic acids is 1. The van der Waals surface area contributed by atoms with Gasteiger partial charge in [-0.05, 0) is 25.1 Å². The molecule has 0 saturated heterocycles. The number of methoxy groups -OCH3 is 1. The molecule has 2 heterocycles. The number of para-hydroxylation sites is 1. The number of benzene rings is 1. The fourth-order valence-electron chi connectivity index (χ4n) is 2.36. The van der Waals surface area contributed by atoms with E-state index >= 15 is 0 Å². The molecule has 0 radical (unpaired) electrons. The van der Waals surface area contributed by atoms with Crippen LogP contribution in [0.3, 0.4) is 0 Å². The van der Waals surface area contributed by atoms with Gasteiger partial charge in [0.2, 0.25) is 0 Å². The molecule has 0 aliphatic rings. The molecule has 130 valence electrons. The molecule has 0 aliphatic carbocycles. The van der Waals surface area contributed by atoms with Crippen molar-refractivity contribution in [1.82, 2.24) is 10.3 Å². The Morgan fingerprint density at radius 3 is 2.84 bits per heavy atom. The summed E-state index contributed by atoms with van der Waals surface area (Å²) in [5, 5.41) is 6.78. The SMILES string of the molecule is COc1ccccc1CNC(=O)c1sc(NCc2ccco2)nc1C. The number of anilines is 1. The average Bonchev–Trinajstić information content (AvgIpc) is 3.27. The van der Waals surface area contributed by atoms with E-state index < -0.39 is 0 Å². The van der Waals surface area contributed by atoms with Gasteiger partial charge in [0.15, 0.2) is 5.13 Å². The minimum atomic E-state index is -0.146. The van der Waals surface area contributed by atoms with Crippen LogP contribution in [0.5, 0.6) is 5.75 Å². The summed E-state index contributed by atoms with van der Waals surface area (Å²) in [4.78, 5) is 17.5. The third-order valence-corrected chi connectivity index (χ3v) is 4.74. The molecular weight excluding hydrogens is 338 g/mol. The Balaban J connectivity index is 1.62. The van der Waals surface area contributed by atoms with Gasteiger partial charge in [0, 0.05) is 12.1 Å². The van der Waals surface area contributed by atoms with E-state index in [9.17, 15) is 4.79 Å². The first-order valence-electron chi connectivity index (χ1n) is 7.81. The van der Waals surface area contributed by atoms with Crippen molar-refractivity contribution in [2.24, 2.45) is 0 Å². The van der Waals surface area contributed by atoms with Crippen LogP contribution in [-0.4, -0.2) is 18.0 Å². The van der Waals surface area contributed by atoms with Gasteiger partial charge >= 0.3 is 0 Å². The highest BCUT2D eigenvalue weighted by Gasteiger charge is 2.15. The van der Waals surface area contributed by atoms with Crippen LogP contribution in [0.4, 0.5) is 5.13 Å². The van der Waals surface area contributed by atoms with Crippen molar-refractivity contribution in [3.05, 3.63) is 64.6 Å². The van der Waals surface area contributed by atoms with Crippen LogP contribution < -0.4 is 15.4 Å². The van der Waals surface area contributed by atoms with Crippen molar-refractivity contribution in [2.45, 2.75) is 20.0 Å². The second kappa shape index (κ2) is 7.85. The number of hydrogen-bond donors (Lipinski definition) is 2. The van der Waals surface area contributed by atoms with Gasteiger partial charge in [0.1, 0.15) is 16.4 Å². The fraction of sp³-hybridized carbons (Fsp3) is 0.222. The molecule has 0 aliphatic heterocycles. The largest absolute Gasteiger partial charge is 0.496 e. The number of nitrogens with one attached hydrogen (secondary N) is 2. The van der Waals surface area contributed by atoms with Gasteiger partial charge in [0.05, 0.1) is 25.6 Å². The lowest BCUT2D eigenvalue weighted by Gasteiger charge is -2.09. The minimum absolute atomic E-state index is 0.146. The number of amides is 1. The highest BCUT2D eigenvalue weighted by atomic mass is 32.1. The Morgan fingerprint density at radius 2 is 2.08 bits per heavy atom. The van der Waals surface area contributed by atoms with E-state index in [2.05, 4.69) is 15.6 Å². The summed E-state index contributed by atoms with van der Waals surface area (Å²) in [5.41, 5.74) is 1.63. The lowest BCUT2D eigenvalue weighted by atomic mass is 10.2. The van der Waals surface area contributed by atoms with Crippen LogP contribution in [0, 0.1) is 6.92 Å². The summed E-state index contributed by atoms with van der Waals surface area (Å²) in [7, 11) is 1.62. The zero-order valence-electron chi connectivity index (χ0n) is 14.0. The van der Waals surface area contributed by atoms with Gasteiger partial charge in [-0.3, -0.25) is 4.79 Å². The summed E-state index contributed by atoms with van der Waals surface area (Å²) in [6, 6.07) is 11.3. The molecule has 25 heavy (non-hydrogen) atoms. The number of carbonyl (C=O) groups is 1. The summed E-state index contributed by atoms with van der Waals surface area (Å²) < 4.78 is 10.6. The molecule has 2 N–H and O–H groups in total. The van der Waals surface area contributed by atoms with E-state index in [1.807, 2.05) is 43.3 Å². The van der Waals surface area contributed by atoms with Gasteiger partial charge < -0.3 is 19.8 Å². The predicted molar refractivity (Wildman–Crippen MR) is 97.0 cm³/mol. The summed E-state index contributed by atoms with van der Waals surface area (Å²) in [6.45, 7) is 2.75. The zero-order chi connectivity index (χ0) is 17.6. The Kier molecular flexibility index (Phi) is 5.35. The van der Waals surface area contributed by atoms with Crippen molar-refractivity contribution in [3.63, 3.8) is 0 Å². The average molecular weight is 357 g/mol. The third-order valence-electron chi connectivity index (χ3n) is 3.63. The van der Waals surface area contributed by atoms with E-state index in [1.54, 1.807) is 13.4 Å².